The van der Waals surface area contributed by atoms with Crippen LogP contribution in [0, 0.1) is 46.8 Å². The zero-order chi connectivity index (χ0) is 40.4. The summed E-state index contributed by atoms with van der Waals surface area (Å²) in [6, 6.07) is 3.17. The molecule has 54 heavy (non-hydrogen) atoms. The number of ether oxygens (including phenoxy) is 4. The molecule has 0 saturated carbocycles. The fourth-order valence-corrected chi connectivity index (χ4v) is 5.58. The molecule has 0 unspecified atom stereocenters. The second kappa shape index (κ2) is 23.9. The highest BCUT2D eigenvalue weighted by Gasteiger charge is 2.31. The first-order chi connectivity index (χ1) is 25.5. The SMILES string of the molecule is CC(C)=CCC[C@H](C)CCOc1cc(COC(=O)c2c(F)c(F)c(F)c(F)c2F)cc(OCC[C@@H](C)CCC=C(C)C)c1OCC[C@@H](C)CCC=C(C)C. The van der Waals surface area contributed by atoms with Crippen molar-refractivity contribution in [2.45, 2.75) is 127 Å². The Hall–Kier alpha value is -3.82. The van der Waals surface area contributed by atoms with Crippen LogP contribution in [0.1, 0.15) is 136 Å². The van der Waals surface area contributed by atoms with Crippen LogP contribution < -0.4 is 14.2 Å². The van der Waals surface area contributed by atoms with E-state index >= 15 is 0 Å². The Kier molecular flexibility index (Phi) is 20.5. The Morgan fingerprint density at radius 2 is 0.907 bits per heavy atom. The van der Waals surface area contributed by atoms with Crippen LogP contribution in [0.4, 0.5) is 22.0 Å². The van der Waals surface area contributed by atoms with Gasteiger partial charge in [0.2, 0.25) is 11.6 Å². The molecule has 5 nitrogen and oxygen atoms in total. The molecule has 2 aromatic rings. The van der Waals surface area contributed by atoms with Crippen LogP contribution in [0.25, 0.3) is 0 Å². The molecule has 0 aromatic heterocycles. The number of rotatable bonds is 24. The lowest BCUT2D eigenvalue weighted by Crippen LogP contribution is -2.15. The van der Waals surface area contributed by atoms with Gasteiger partial charge >= 0.3 is 5.97 Å². The van der Waals surface area contributed by atoms with Gasteiger partial charge in [0.05, 0.1) is 19.8 Å². The van der Waals surface area contributed by atoms with Crippen LogP contribution in [0.5, 0.6) is 17.2 Å². The molecule has 0 bridgehead atoms. The van der Waals surface area contributed by atoms with E-state index in [1.54, 1.807) is 12.1 Å². The fraction of sp³-hybridized carbons (Fsp3) is 0.568. The van der Waals surface area contributed by atoms with Crippen LogP contribution in [0.3, 0.4) is 0 Å². The lowest BCUT2D eigenvalue weighted by Gasteiger charge is -2.21. The quantitative estimate of drug-likeness (QED) is 0.0350. The standard InChI is InChI=1S/C44H61F5O5/c1-28(2)13-10-16-31(7)19-22-51-35-25-34(27-54-44(50)37-38(45)40(47)42(49)41(48)39(37)46)26-36(52-23-20-32(8)17-11-14-29(3)4)43(35)53-24-21-33(9)18-12-15-30(5)6/h13-15,25-26,31-33H,10-12,16-24,27H2,1-9H3/t31-,32-,33-/m0/s1. The second-order valence-corrected chi connectivity index (χ2v) is 15.2. The first-order valence-electron chi connectivity index (χ1n) is 19.2. The van der Waals surface area contributed by atoms with Crippen molar-refractivity contribution < 1.29 is 45.7 Å². The third-order valence-corrected chi connectivity index (χ3v) is 9.09. The van der Waals surface area contributed by atoms with Crippen molar-refractivity contribution in [1.29, 1.82) is 0 Å². The lowest BCUT2D eigenvalue weighted by atomic mass is 10.0. The van der Waals surface area contributed by atoms with Gasteiger partial charge in [0, 0.05) is 0 Å². The average molecular weight is 765 g/mol. The Bertz CT molecular complexity index is 1500. The van der Waals surface area contributed by atoms with Crippen molar-refractivity contribution in [2.75, 3.05) is 19.8 Å². The van der Waals surface area contributed by atoms with E-state index in [0.29, 0.717) is 60.4 Å². The highest BCUT2D eigenvalue weighted by atomic mass is 19.2. The van der Waals surface area contributed by atoms with Gasteiger partial charge in [0.25, 0.3) is 0 Å². The van der Waals surface area contributed by atoms with Gasteiger partial charge in [-0.05, 0) is 135 Å². The summed E-state index contributed by atoms with van der Waals surface area (Å²) in [7, 11) is 0. The zero-order valence-corrected chi connectivity index (χ0v) is 33.7. The maximum atomic E-state index is 14.4. The van der Waals surface area contributed by atoms with E-state index in [4.69, 9.17) is 18.9 Å². The van der Waals surface area contributed by atoms with Gasteiger partial charge in [-0.15, -0.1) is 0 Å². The smallest absolute Gasteiger partial charge is 0.344 e. The Balaban J connectivity index is 2.41. The monoisotopic (exact) mass is 764 g/mol. The molecular weight excluding hydrogens is 703 g/mol. The second-order valence-electron chi connectivity index (χ2n) is 15.2. The van der Waals surface area contributed by atoms with E-state index in [-0.39, 0.29) is 0 Å². The molecule has 2 rings (SSSR count). The molecule has 0 N–H and O–H groups in total. The summed E-state index contributed by atoms with van der Waals surface area (Å²) in [4.78, 5) is 12.7. The summed E-state index contributed by atoms with van der Waals surface area (Å²) in [6.45, 7) is 19.4. The van der Waals surface area contributed by atoms with Crippen LogP contribution >= 0.6 is 0 Å². The van der Waals surface area contributed by atoms with Gasteiger partial charge in [-0.1, -0.05) is 55.7 Å². The molecule has 0 saturated heterocycles. The number of hydrogen-bond acceptors (Lipinski definition) is 5. The summed E-state index contributed by atoms with van der Waals surface area (Å²) < 4.78 is 94.2. The number of benzene rings is 2. The molecule has 302 valence electrons. The largest absolute Gasteiger partial charge is 0.490 e. The first-order valence-corrected chi connectivity index (χ1v) is 19.2. The molecule has 10 heteroatoms. The molecule has 2 aromatic carbocycles. The van der Waals surface area contributed by atoms with E-state index in [1.807, 2.05) is 0 Å². The fourth-order valence-electron chi connectivity index (χ4n) is 5.58. The van der Waals surface area contributed by atoms with E-state index in [9.17, 15) is 26.7 Å². The minimum Gasteiger partial charge on any atom is -0.490 e. The molecular formula is C44H61F5O5. The summed E-state index contributed by atoms with van der Waals surface area (Å²) in [5, 5.41) is 0. The van der Waals surface area contributed by atoms with Crippen LogP contribution in [-0.2, 0) is 11.3 Å². The number of esters is 1. The van der Waals surface area contributed by atoms with Gasteiger partial charge in [-0.2, -0.15) is 0 Å². The number of allylic oxidation sites excluding steroid dienone is 6. The van der Waals surface area contributed by atoms with Crippen molar-refractivity contribution >= 4 is 5.97 Å². The molecule has 0 spiro atoms. The molecule has 0 radical (unpaired) electrons. The number of carbonyl (C=O) groups is 1. The number of carbonyl (C=O) groups excluding carboxylic acids is 1. The lowest BCUT2D eigenvalue weighted by molar-refractivity contribution is 0.0456. The summed E-state index contributed by atoms with van der Waals surface area (Å²) in [5.41, 5.74) is 2.45. The molecule has 0 heterocycles. The third-order valence-electron chi connectivity index (χ3n) is 9.09. The average Bonchev–Trinajstić information content (AvgIpc) is 3.09. The minimum absolute atomic E-state index is 0.313. The Labute approximate surface area is 320 Å². The molecule has 0 aliphatic rings. The van der Waals surface area contributed by atoms with Gasteiger partial charge in [0.1, 0.15) is 12.2 Å². The highest BCUT2D eigenvalue weighted by molar-refractivity contribution is 5.90. The Morgan fingerprint density at radius 3 is 1.28 bits per heavy atom. The molecule has 0 amide bonds. The topological polar surface area (TPSA) is 54.0 Å². The normalized spacial score (nSPS) is 12.7. The van der Waals surface area contributed by atoms with E-state index < -0.39 is 47.2 Å². The zero-order valence-electron chi connectivity index (χ0n) is 33.7. The van der Waals surface area contributed by atoms with Crippen LogP contribution in [0.2, 0.25) is 0 Å². The van der Waals surface area contributed by atoms with Gasteiger partial charge in [-0.25, -0.2) is 26.7 Å². The van der Waals surface area contributed by atoms with E-state index in [0.717, 1.165) is 57.8 Å². The maximum Gasteiger partial charge on any atom is 0.344 e. The predicted octanol–water partition coefficient (Wildman–Crippen LogP) is 13.2. The van der Waals surface area contributed by atoms with Crippen molar-refractivity contribution in [2.24, 2.45) is 17.8 Å². The maximum absolute atomic E-state index is 14.4. The minimum atomic E-state index is -2.36. The Morgan fingerprint density at radius 1 is 0.556 bits per heavy atom. The van der Waals surface area contributed by atoms with Gasteiger partial charge < -0.3 is 18.9 Å². The van der Waals surface area contributed by atoms with E-state index in [2.05, 4.69) is 80.5 Å². The molecule has 0 fully saturated rings. The van der Waals surface area contributed by atoms with Crippen LogP contribution in [0.15, 0.2) is 47.1 Å². The summed E-state index contributed by atoms with van der Waals surface area (Å²) in [5.74, 6) is -10.9. The van der Waals surface area contributed by atoms with Crippen molar-refractivity contribution in [1.82, 2.24) is 0 Å². The first kappa shape index (κ1) is 46.3. The number of halogens is 5. The van der Waals surface area contributed by atoms with Crippen molar-refractivity contribution in [3.8, 4) is 17.2 Å². The van der Waals surface area contributed by atoms with Crippen molar-refractivity contribution in [3.63, 3.8) is 0 Å². The van der Waals surface area contributed by atoms with Gasteiger partial charge in [0.15, 0.2) is 34.8 Å². The van der Waals surface area contributed by atoms with Crippen molar-refractivity contribution in [3.05, 3.63) is 87.3 Å². The van der Waals surface area contributed by atoms with Crippen LogP contribution in [-0.4, -0.2) is 25.8 Å². The molecule has 0 aliphatic heterocycles. The van der Waals surface area contributed by atoms with Gasteiger partial charge in [-0.3, -0.25) is 0 Å². The summed E-state index contributed by atoms with van der Waals surface area (Å²) >= 11 is 0. The number of hydrogen-bond donors (Lipinski definition) is 0. The summed E-state index contributed by atoms with van der Waals surface area (Å²) in [6.07, 6.45) is 14.7. The highest BCUT2D eigenvalue weighted by Crippen LogP contribution is 2.40. The predicted molar refractivity (Wildman–Crippen MR) is 206 cm³/mol. The molecule has 3 atom stereocenters. The van der Waals surface area contributed by atoms with E-state index in [1.165, 1.54) is 16.7 Å². The third kappa shape index (κ3) is 16.3. The molecule has 0 aliphatic carbocycles.